The van der Waals surface area contributed by atoms with Crippen LogP contribution >= 0.6 is 11.6 Å². The maximum Gasteiger partial charge on any atom is 0.417 e. The van der Waals surface area contributed by atoms with Crippen molar-refractivity contribution < 1.29 is 22.6 Å². The maximum absolute atomic E-state index is 12.6. The lowest BCUT2D eigenvalue weighted by Gasteiger charge is -2.40. The van der Waals surface area contributed by atoms with E-state index in [-0.39, 0.29) is 5.02 Å². The summed E-state index contributed by atoms with van der Waals surface area (Å²) in [6.45, 7) is 2.65. The SMILES string of the molecule is FC(F)(F)c1cnc(N2CCOC3(CCOC3)C2)c(Cl)c1. The summed E-state index contributed by atoms with van der Waals surface area (Å²) in [5.41, 5.74) is -1.24. The van der Waals surface area contributed by atoms with Crippen LogP contribution in [0.5, 0.6) is 0 Å². The summed E-state index contributed by atoms with van der Waals surface area (Å²) in [5.74, 6) is 0.360. The largest absolute Gasteiger partial charge is 0.417 e. The van der Waals surface area contributed by atoms with E-state index in [1.54, 1.807) is 0 Å². The molecule has 0 aliphatic carbocycles. The fourth-order valence-electron chi connectivity index (χ4n) is 2.67. The Balaban J connectivity index is 1.83. The van der Waals surface area contributed by atoms with E-state index in [2.05, 4.69) is 4.98 Å². The molecule has 1 aromatic rings. The molecule has 1 unspecified atom stereocenters. The monoisotopic (exact) mass is 322 g/mol. The highest BCUT2D eigenvalue weighted by molar-refractivity contribution is 6.33. The Morgan fingerprint density at radius 1 is 1.33 bits per heavy atom. The van der Waals surface area contributed by atoms with Gasteiger partial charge in [-0.15, -0.1) is 0 Å². The standard InChI is InChI=1S/C13H14ClF3N2O2/c14-10-5-9(13(15,16)17)6-18-11(10)19-2-4-21-12(7-19)1-3-20-8-12/h5-6H,1-4,7-8H2. The molecule has 1 aromatic heterocycles. The molecule has 0 bridgehead atoms. The van der Waals surface area contributed by atoms with Gasteiger partial charge in [0.2, 0.25) is 0 Å². The first-order valence-electron chi connectivity index (χ1n) is 6.59. The topological polar surface area (TPSA) is 34.6 Å². The smallest absolute Gasteiger partial charge is 0.378 e. The van der Waals surface area contributed by atoms with Crippen LogP contribution in [-0.4, -0.2) is 43.5 Å². The zero-order chi connectivity index (χ0) is 15.1. The highest BCUT2D eigenvalue weighted by atomic mass is 35.5. The molecule has 0 saturated carbocycles. The van der Waals surface area contributed by atoms with Gasteiger partial charge in [0.05, 0.1) is 30.3 Å². The van der Waals surface area contributed by atoms with Crippen molar-refractivity contribution in [2.24, 2.45) is 0 Å². The first kappa shape index (κ1) is 14.9. The molecule has 21 heavy (non-hydrogen) atoms. The molecule has 4 nitrogen and oxygen atoms in total. The molecule has 3 rings (SSSR count). The highest BCUT2D eigenvalue weighted by Crippen LogP contribution is 2.35. The second-order valence-electron chi connectivity index (χ2n) is 5.28. The van der Waals surface area contributed by atoms with Crippen molar-refractivity contribution in [1.29, 1.82) is 0 Å². The van der Waals surface area contributed by atoms with Crippen LogP contribution < -0.4 is 4.90 Å². The molecule has 2 aliphatic heterocycles. The normalized spacial score (nSPS) is 26.6. The summed E-state index contributed by atoms with van der Waals surface area (Å²) in [4.78, 5) is 5.76. The fourth-order valence-corrected chi connectivity index (χ4v) is 2.96. The second-order valence-corrected chi connectivity index (χ2v) is 5.69. The molecule has 2 saturated heterocycles. The van der Waals surface area contributed by atoms with Gasteiger partial charge in [-0.25, -0.2) is 4.98 Å². The van der Waals surface area contributed by atoms with E-state index in [1.165, 1.54) is 0 Å². The minimum Gasteiger partial charge on any atom is -0.378 e. The number of halogens is 4. The molecule has 2 fully saturated rings. The Kier molecular flexibility index (Phi) is 3.75. The summed E-state index contributed by atoms with van der Waals surface area (Å²) in [6.07, 6.45) is -2.86. The van der Waals surface area contributed by atoms with E-state index >= 15 is 0 Å². The molecule has 1 atom stereocenters. The Hall–Kier alpha value is -1.05. The zero-order valence-electron chi connectivity index (χ0n) is 11.1. The maximum atomic E-state index is 12.6. The first-order valence-corrected chi connectivity index (χ1v) is 6.97. The zero-order valence-corrected chi connectivity index (χ0v) is 11.9. The number of morpholine rings is 1. The number of pyridine rings is 1. The Morgan fingerprint density at radius 3 is 2.76 bits per heavy atom. The predicted octanol–water partition coefficient (Wildman–Crippen LogP) is 2.75. The van der Waals surface area contributed by atoms with Crippen LogP contribution in [0.25, 0.3) is 0 Å². The Labute approximate surface area is 124 Å². The summed E-state index contributed by atoms with van der Waals surface area (Å²) >= 11 is 5.99. The molecular formula is C13H14ClF3N2O2. The first-order chi connectivity index (χ1) is 9.90. The minimum absolute atomic E-state index is 0.000732. The van der Waals surface area contributed by atoms with Crippen LogP contribution in [0.4, 0.5) is 19.0 Å². The molecule has 3 heterocycles. The Morgan fingerprint density at radius 2 is 2.14 bits per heavy atom. The summed E-state index contributed by atoms with van der Waals surface area (Å²) < 4.78 is 49.0. The van der Waals surface area contributed by atoms with Crippen LogP contribution in [0.2, 0.25) is 5.02 Å². The number of hydrogen-bond donors (Lipinski definition) is 0. The number of ether oxygens (including phenoxy) is 2. The van der Waals surface area contributed by atoms with Gasteiger partial charge in [-0.3, -0.25) is 0 Å². The average Bonchev–Trinajstić information content (AvgIpc) is 2.85. The van der Waals surface area contributed by atoms with Gasteiger partial charge in [-0.2, -0.15) is 13.2 Å². The van der Waals surface area contributed by atoms with E-state index in [0.29, 0.717) is 38.7 Å². The molecule has 0 radical (unpaired) electrons. The number of rotatable bonds is 1. The third-order valence-electron chi connectivity index (χ3n) is 3.76. The van der Waals surface area contributed by atoms with Gasteiger partial charge in [0, 0.05) is 25.8 Å². The average molecular weight is 323 g/mol. The van der Waals surface area contributed by atoms with E-state index in [9.17, 15) is 13.2 Å². The van der Waals surface area contributed by atoms with Crippen LogP contribution in [0, 0.1) is 0 Å². The summed E-state index contributed by atoms with van der Waals surface area (Å²) in [7, 11) is 0. The van der Waals surface area contributed by atoms with Crippen molar-refractivity contribution in [3.8, 4) is 0 Å². The van der Waals surface area contributed by atoms with E-state index in [1.807, 2.05) is 4.90 Å². The summed E-state index contributed by atoms with van der Waals surface area (Å²) in [5, 5.41) is 0.000732. The van der Waals surface area contributed by atoms with Crippen LogP contribution in [-0.2, 0) is 15.7 Å². The summed E-state index contributed by atoms with van der Waals surface area (Å²) in [6, 6.07) is 0.914. The van der Waals surface area contributed by atoms with Gasteiger partial charge < -0.3 is 14.4 Å². The third kappa shape index (κ3) is 2.95. The minimum atomic E-state index is -4.44. The van der Waals surface area contributed by atoms with Crippen molar-refractivity contribution in [3.63, 3.8) is 0 Å². The predicted molar refractivity (Wildman–Crippen MR) is 70.6 cm³/mol. The number of hydrogen-bond acceptors (Lipinski definition) is 4. The lowest BCUT2D eigenvalue weighted by atomic mass is 10.0. The third-order valence-corrected chi connectivity index (χ3v) is 4.04. The van der Waals surface area contributed by atoms with E-state index < -0.39 is 17.3 Å². The molecule has 116 valence electrons. The van der Waals surface area contributed by atoms with Gasteiger partial charge in [0.1, 0.15) is 11.4 Å². The lowest BCUT2D eigenvalue weighted by molar-refractivity contribution is -0.137. The molecule has 0 aromatic carbocycles. The molecule has 8 heteroatoms. The number of nitrogens with zero attached hydrogens (tertiary/aromatic N) is 2. The quantitative estimate of drug-likeness (QED) is 0.796. The van der Waals surface area contributed by atoms with Gasteiger partial charge >= 0.3 is 6.18 Å². The number of aromatic nitrogens is 1. The van der Waals surface area contributed by atoms with Crippen LogP contribution in [0.1, 0.15) is 12.0 Å². The molecule has 1 spiro atoms. The van der Waals surface area contributed by atoms with E-state index in [4.69, 9.17) is 21.1 Å². The van der Waals surface area contributed by atoms with Gasteiger partial charge in [-0.1, -0.05) is 11.6 Å². The van der Waals surface area contributed by atoms with Crippen molar-refractivity contribution in [2.45, 2.75) is 18.2 Å². The van der Waals surface area contributed by atoms with Gasteiger partial charge in [0.15, 0.2) is 0 Å². The fraction of sp³-hybridized carbons (Fsp3) is 0.615. The number of anilines is 1. The van der Waals surface area contributed by atoms with Gasteiger partial charge in [-0.05, 0) is 6.07 Å². The number of alkyl halides is 3. The lowest BCUT2D eigenvalue weighted by Crippen LogP contribution is -2.52. The van der Waals surface area contributed by atoms with Crippen molar-refractivity contribution in [1.82, 2.24) is 4.98 Å². The molecular weight excluding hydrogens is 309 g/mol. The Bertz CT molecular complexity index is 533. The van der Waals surface area contributed by atoms with Crippen molar-refractivity contribution >= 4 is 17.4 Å². The second kappa shape index (κ2) is 5.30. The van der Waals surface area contributed by atoms with Crippen LogP contribution in [0.3, 0.4) is 0 Å². The molecule has 2 aliphatic rings. The van der Waals surface area contributed by atoms with Gasteiger partial charge in [0.25, 0.3) is 0 Å². The molecule has 0 amide bonds. The van der Waals surface area contributed by atoms with Crippen molar-refractivity contribution in [2.75, 3.05) is 37.8 Å². The molecule has 0 N–H and O–H groups in total. The van der Waals surface area contributed by atoms with Crippen molar-refractivity contribution in [3.05, 3.63) is 22.8 Å². The highest BCUT2D eigenvalue weighted by Gasteiger charge is 2.41. The van der Waals surface area contributed by atoms with Crippen LogP contribution in [0.15, 0.2) is 12.3 Å². The van der Waals surface area contributed by atoms with E-state index in [0.717, 1.165) is 18.7 Å².